The molecule has 2 N–H and O–H groups in total. The Balaban J connectivity index is 4.12. The summed E-state index contributed by atoms with van der Waals surface area (Å²) >= 11 is 0. The Morgan fingerprint density at radius 1 is 1.36 bits per heavy atom. The van der Waals surface area contributed by atoms with Crippen molar-refractivity contribution in [3.05, 3.63) is 0 Å². The highest BCUT2D eigenvalue weighted by Gasteiger charge is 2.18. The molecular weight excluding hydrogens is 204 g/mol. The Kier molecular flexibility index (Phi) is 7.08. The van der Waals surface area contributed by atoms with Crippen LogP contribution in [-0.4, -0.2) is 51.3 Å². The van der Waals surface area contributed by atoms with E-state index in [-0.39, 0.29) is 12.4 Å². The fourth-order valence-electron chi connectivity index (χ4n) is 1.08. The molecule has 0 fully saturated rings. The van der Waals surface area contributed by atoms with Crippen LogP contribution in [0.5, 0.6) is 0 Å². The van der Waals surface area contributed by atoms with E-state index < -0.39 is 10.0 Å². The first-order valence-corrected chi connectivity index (χ1v) is 6.45. The number of hydrogen-bond donors (Lipinski definition) is 1. The lowest BCUT2D eigenvalue weighted by molar-refractivity contribution is 0.162. The molecule has 0 aromatic rings. The molecule has 0 heterocycles. The summed E-state index contributed by atoms with van der Waals surface area (Å²) in [5.41, 5.74) is 5.32. The van der Waals surface area contributed by atoms with Gasteiger partial charge in [-0.2, -0.15) is 0 Å². The van der Waals surface area contributed by atoms with Gasteiger partial charge in [0.2, 0.25) is 10.0 Å². The summed E-state index contributed by atoms with van der Waals surface area (Å²) in [5.74, 6) is 0.0364. The van der Waals surface area contributed by atoms with Crippen LogP contribution < -0.4 is 5.73 Å². The molecule has 14 heavy (non-hydrogen) atoms. The molecule has 0 aromatic carbocycles. The van der Waals surface area contributed by atoms with Gasteiger partial charge in [0.05, 0.1) is 12.4 Å². The van der Waals surface area contributed by atoms with E-state index in [2.05, 4.69) is 0 Å². The first kappa shape index (κ1) is 13.8. The summed E-state index contributed by atoms with van der Waals surface area (Å²) < 4.78 is 29.6. The molecule has 5 nitrogen and oxygen atoms in total. The van der Waals surface area contributed by atoms with Crippen LogP contribution in [-0.2, 0) is 14.8 Å². The second-order valence-electron chi connectivity index (χ2n) is 2.79. The topological polar surface area (TPSA) is 72.6 Å². The fourth-order valence-corrected chi connectivity index (χ4v) is 2.44. The van der Waals surface area contributed by atoms with Crippen molar-refractivity contribution in [1.82, 2.24) is 4.31 Å². The summed E-state index contributed by atoms with van der Waals surface area (Å²) in [5, 5.41) is 0. The Bertz CT molecular complexity index is 229. The van der Waals surface area contributed by atoms with Gasteiger partial charge < -0.3 is 10.5 Å². The van der Waals surface area contributed by atoms with Gasteiger partial charge in [0.1, 0.15) is 0 Å². The fraction of sp³-hybridized carbons (Fsp3) is 1.00. The van der Waals surface area contributed by atoms with Crippen molar-refractivity contribution < 1.29 is 13.2 Å². The Labute approximate surface area is 86.3 Å². The van der Waals surface area contributed by atoms with Gasteiger partial charge in [-0.1, -0.05) is 6.92 Å². The van der Waals surface area contributed by atoms with Crippen molar-refractivity contribution in [2.45, 2.75) is 13.8 Å². The number of rotatable bonds is 8. The van der Waals surface area contributed by atoms with Crippen LogP contribution in [0, 0.1) is 0 Å². The maximum absolute atomic E-state index is 11.6. The first-order chi connectivity index (χ1) is 6.58. The van der Waals surface area contributed by atoms with Crippen molar-refractivity contribution in [2.24, 2.45) is 5.73 Å². The van der Waals surface area contributed by atoms with Gasteiger partial charge in [-0.3, -0.25) is 0 Å². The van der Waals surface area contributed by atoms with E-state index in [0.29, 0.717) is 26.2 Å². The highest BCUT2D eigenvalue weighted by molar-refractivity contribution is 7.89. The average Bonchev–Trinajstić information content (AvgIpc) is 2.14. The molecule has 0 atom stereocenters. The zero-order valence-electron chi connectivity index (χ0n) is 8.90. The quantitative estimate of drug-likeness (QED) is 0.571. The van der Waals surface area contributed by atoms with Crippen LogP contribution >= 0.6 is 0 Å². The summed E-state index contributed by atoms with van der Waals surface area (Å²) in [4.78, 5) is 0. The van der Waals surface area contributed by atoms with E-state index in [0.717, 1.165) is 0 Å². The number of ether oxygens (including phenoxy) is 1. The molecule has 86 valence electrons. The molecule has 0 spiro atoms. The SMILES string of the molecule is CCOCCS(=O)(=O)N(CC)CCN. The summed E-state index contributed by atoms with van der Waals surface area (Å²) in [6.45, 7) is 5.62. The number of nitrogens with zero attached hydrogens (tertiary/aromatic N) is 1. The Morgan fingerprint density at radius 3 is 2.43 bits per heavy atom. The zero-order valence-corrected chi connectivity index (χ0v) is 9.72. The van der Waals surface area contributed by atoms with Crippen molar-refractivity contribution in [3.8, 4) is 0 Å². The van der Waals surface area contributed by atoms with Gasteiger partial charge in [0.15, 0.2) is 0 Å². The van der Waals surface area contributed by atoms with Gasteiger partial charge in [-0.25, -0.2) is 12.7 Å². The molecule has 0 unspecified atom stereocenters. The van der Waals surface area contributed by atoms with E-state index in [9.17, 15) is 8.42 Å². The maximum Gasteiger partial charge on any atom is 0.216 e. The van der Waals surface area contributed by atoms with E-state index in [1.807, 2.05) is 6.92 Å². The van der Waals surface area contributed by atoms with E-state index in [4.69, 9.17) is 10.5 Å². The summed E-state index contributed by atoms with van der Waals surface area (Å²) in [6.07, 6.45) is 0. The lowest BCUT2D eigenvalue weighted by Crippen LogP contribution is -2.37. The van der Waals surface area contributed by atoms with E-state index >= 15 is 0 Å². The van der Waals surface area contributed by atoms with Crippen LogP contribution in [0.2, 0.25) is 0 Å². The van der Waals surface area contributed by atoms with Crippen LogP contribution in [0.3, 0.4) is 0 Å². The van der Waals surface area contributed by atoms with Crippen LogP contribution in [0.25, 0.3) is 0 Å². The monoisotopic (exact) mass is 224 g/mol. The second kappa shape index (κ2) is 7.17. The average molecular weight is 224 g/mol. The summed E-state index contributed by atoms with van der Waals surface area (Å²) in [6, 6.07) is 0. The molecule has 0 bridgehead atoms. The molecule has 0 aromatic heterocycles. The molecule has 0 aliphatic carbocycles. The third-order valence-electron chi connectivity index (χ3n) is 1.81. The maximum atomic E-state index is 11.6. The van der Waals surface area contributed by atoms with Crippen LogP contribution in [0.1, 0.15) is 13.8 Å². The van der Waals surface area contributed by atoms with Crippen molar-refractivity contribution in [3.63, 3.8) is 0 Å². The molecule has 6 heteroatoms. The molecule has 0 saturated carbocycles. The second-order valence-corrected chi connectivity index (χ2v) is 4.88. The largest absolute Gasteiger partial charge is 0.381 e. The standard InChI is InChI=1S/C8H20N2O3S/c1-3-10(6-5-9)14(11,12)8-7-13-4-2/h3-9H2,1-2H3. The molecular formula is C8H20N2O3S. The van der Waals surface area contributed by atoms with Gasteiger partial charge in [-0.15, -0.1) is 0 Å². The van der Waals surface area contributed by atoms with Crippen molar-refractivity contribution >= 4 is 10.0 Å². The first-order valence-electron chi connectivity index (χ1n) is 4.84. The highest BCUT2D eigenvalue weighted by Crippen LogP contribution is 2.00. The molecule has 0 aliphatic rings. The summed E-state index contributed by atoms with van der Waals surface area (Å²) in [7, 11) is -3.18. The predicted molar refractivity (Wildman–Crippen MR) is 56.6 cm³/mol. The minimum Gasteiger partial charge on any atom is -0.381 e. The predicted octanol–water partition coefficient (Wildman–Crippen LogP) is -0.367. The number of nitrogens with two attached hydrogens (primary N) is 1. The minimum absolute atomic E-state index is 0.0364. The van der Waals surface area contributed by atoms with Crippen molar-refractivity contribution in [2.75, 3.05) is 38.6 Å². The highest BCUT2D eigenvalue weighted by atomic mass is 32.2. The van der Waals surface area contributed by atoms with Gasteiger partial charge in [0, 0.05) is 26.2 Å². The number of sulfonamides is 1. The Morgan fingerprint density at radius 2 is 2.00 bits per heavy atom. The smallest absolute Gasteiger partial charge is 0.216 e. The zero-order chi connectivity index (χ0) is 11.0. The molecule has 0 aliphatic heterocycles. The Hall–Kier alpha value is -0.170. The minimum atomic E-state index is -3.18. The third kappa shape index (κ3) is 4.90. The lowest BCUT2D eigenvalue weighted by atomic mass is 10.6. The van der Waals surface area contributed by atoms with Crippen molar-refractivity contribution in [1.29, 1.82) is 0 Å². The normalized spacial score (nSPS) is 12.3. The molecule has 0 radical (unpaired) electrons. The van der Waals surface area contributed by atoms with Crippen LogP contribution in [0.4, 0.5) is 0 Å². The lowest BCUT2D eigenvalue weighted by Gasteiger charge is -2.19. The number of hydrogen-bond acceptors (Lipinski definition) is 4. The van der Waals surface area contributed by atoms with Crippen LogP contribution in [0.15, 0.2) is 0 Å². The molecule has 0 rings (SSSR count). The van der Waals surface area contributed by atoms with Gasteiger partial charge in [0.25, 0.3) is 0 Å². The number of likely N-dealkylation sites (N-methyl/N-ethyl adjacent to an activating group) is 1. The van der Waals surface area contributed by atoms with Gasteiger partial charge >= 0.3 is 0 Å². The van der Waals surface area contributed by atoms with E-state index in [1.54, 1.807) is 6.92 Å². The molecule has 0 amide bonds. The van der Waals surface area contributed by atoms with Gasteiger partial charge in [-0.05, 0) is 6.92 Å². The molecule has 0 saturated heterocycles. The van der Waals surface area contributed by atoms with E-state index in [1.165, 1.54) is 4.31 Å². The third-order valence-corrected chi connectivity index (χ3v) is 3.72.